The molecule has 11 nitrogen and oxygen atoms in total. The van der Waals surface area contributed by atoms with Gasteiger partial charge in [-0.15, -0.1) is 0 Å². The number of nitrogens with zero attached hydrogens (tertiary/aromatic N) is 3. The summed E-state index contributed by atoms with van der Waals surface area (Å²) < 4.78 is 20.7. The Balaban J connectivity index is 1.79. The summed E-state index contributed by atoms with van der Waals surface area (Å²) in [6.07, 6.45) is 4.36. The monoisotopic (exact) mass is 540 g/mol. The predicted molar refractivity (Wildman–Crippen MR) is 145 cm³/mol. The molecule has 1 aromatic carbocycles. The van der Waals surface area contributed by atoms with Gasteiger partial charge < -0.3 is 29.8 Å². The maximum atomic E-state index is 14.0. The fourth-order valence-electron chi connectivity index (χ4n) is 3.86. The molecule has 2 aromatic heterocycles. The van der Waals surface area contributed by atoms with Crippen molar-refractivity contribution in [3.63, 3.8) is 0 Å². The van der Waals surface area contributed by atoms with Crippen LogP contribution in [0.15, 0.2) is 47.4 Å². The molecule has 39 heavy (non-hydrogen) atoms. The highest BCUT2D eigenvalue weighted by Crippen LogP contribution is 2.20. The van der Waals surface area contributed by atoms with Gasteiger partial charge in [-0.25, -0.2) is 14.2 Å². The molecule has 3 rings (SSSR count). The van der Waals surface area contributed by atoms with Crippen molar-refractivity contribution in [3.05, 3.63) is 70.2 Å². The number of rotatable bonds is 11. The lowest BCUT2D eigenvalue weighted by atomic mass is 10.1. The summed E-state index contributed by atoms with van der Waals surface area (Å²) in [4.78, 5) is 58.5. The molecule has 3 N–H and O–H groups in total. The number of aryl methyl sites for hydroxylation is 1. The number of benzene rings is 1. The number of allylic oxidation sites excluding steroid dienone is 1. The highest BCUT2D eigenvalue weighted by molar-refractivity contribution is 5.95. The molecular formula is C27H33FN6O5. The predicted octanol–water partition coefficient (Wildman–Crippen LogP) is 2.95. The molecule has 0 aliphatic carbocycles. The van der Waals surface area contributed by atoms with Crippen molar-refractivity contribution in [2.75, 3.05) is 26.5 Å². The van der Waals surface area contributed by atoms with Gasteiger partial charge in [0.05, 0.1) is 17.6 Å². The van der Waals surface area contributed by atoms with Crippen LogP contribution in [0.5, 0.6) is 0 Å². The van der Waals surface area contributed by atoms with E-state index in [4.69, 9.17) is 4.74 Å². The number of hydrogen-bond acceptors (Lipinski definition) is 6. The number of H-pyrrole nitrogens is 1. The molecule has 0 spiro atoms. The highest BCUT2D eigenvalue weighted by atomic mass is 19.1. The molecule has 0 bridgehead atoms. The largest absolute Gasteiger partial charge is 0.436 e. The number of amides is 3. The van der Waals surface area contributed by atoms with Gasteiger partial charge in [-0.2, -0.15) is 0 Å². The van der Waals surface area contributed by atoms with Crippen molar-refractivity contribution in [1.82, 2.24) is 24.8 Å². The van der Waals surface area contributed by atoms with E-state index in [0.29, 0.717) is 23.3 Å². The lowest BCUT2D eigenvalue weighted by Crippen LogP contribution is -2.37. The first-order chi connectivity index (χ1) is 18.6. The fourth-order valence-corrected chi connectivity index (χ4v) is 3.86. The van der Waals surface area contributed by atoms with E-state index in [1.54, 1.807) is 18.3 Å². The van der Waals surface area contributed by atoms with Crippen LogP contribution >= 0.6 is 0 Å². The van der Waals surface area contributed by atoms with E-state index < -0.39 is 23.7 Å². The Morgan fingerprint density at radius 1 is 1.28 bits per heavy atom. The number of pyridine rings is 1. The number of nitrogens with one attached hydrogen (secondary N) is 3. The summed E-state index contributed by atoms with van der Waals surface area (Å²) in [5.74, 6) is -0.894. The van der Waals surface area contributed by atoms with Crippen molar-refractivity contribution in [3.8, 4) is 0 Å². The average Bonchev–Trinajstić information content (AvgIpc) is 3.30. The van der Waals surface area contributed by atoms with Crippen LogP contribution in [0.1, 0.15) is 37.6 Å². The van der Waals surface area contributed by atoms with Gasteiger partial charge in [0.1, 0.15) is 17.3 Å². The van der Waals surface area contributed by atoms with Gasteiger partial charge in [0.15, 0.2) is 6.10 Å². The normalized spacial score (nSPS) is 11.9. The van der Waals surface area contributed by atoms with E-state index in [2.05, 4.69) is 20.6 Å². The molecule has 208 valence electrons. The van der Waals surface area contributed by atoms with Crippen LogP contribution in [-0.4, -0.2) is 64.6 Å². The van der Waals surface area contributed by atoms with Gasteiger partial charge in [0, 0.05) is 27.3 Å². The lowest BCUT2D eigenvalue weighted by Gasteiger charge is -2.19. The van der Waals surface area contributed by atoms with Crippen molar-refractivity contribution < 1.29 is 23.5 Å². The highest BCUT2D eigenvalue weighted by Gasteiger charge is 2.24. The van der Waals surface area contributed by atoms with Crippen LogP contribution in [0.4, 0.5) is 14.9 Å². The minimum atomic E-state index is -1.20. The van der Waals surface area contributed by atoms with Gasteiger partial charge in [-0.05, 0) is 55.2 Å². The smallest absolute Gasteiger partial charge is 0.410 e. The van der Waals surface area contributed by atoms with Gasteiger partial charge >= 0.3 is 6.09 Å². The second-order valence-electron chi connectivity index (χ2n) is 9.10. The maximum absolute atomic E-state index is 14.0. The first-order valence-electron chi connectivity index (χ1n) is 12.6. The Morgan fingerprint density at radius 3 is 2.74 bits per heavy atom. The van der Waals surface area contributed by atoms with Crippen molar-refractivity contribution in [2.24, 2.45) is 0 Å². The number of fused-ring (bicyclic) bond motifs is 1. The Morgan fingerprint density at radius 2 is 2.05 bits per heavy atom. The number of carbonyl (C=O) groups excluding carboxylic acids is 3. The van der Waals surface area contributed by atoms with Crippen LogP contribution < -0.4 is 16.2 Å². The van der Waals surface area contributed by atoms with Gasteiger partial charge in [-0.3, -0.25) is 14.4 Å². The molecule has 0 radical (unpaired) electrons. The number of aromatic amines is 1. The van der Waals surface area contributed by atoms with Crippen LogP contribution in [0.3, 0.4) is 0 Å². The van der Waals surface area contributed by atoms with Gasteiger partial charge in [0.25, 0.3) is 11.5 Å². The van der Waals surface area contributed by atoms with Crippen LogP contribution in [0, 0.1) is 5.82 Å². The first-order valence-corrected chi connectivity index (χ1v) is 12.6. The summed E-state index contributed by atoms with van der Waals surface area (Å²) >= 11 is 0. The van der Waals surface area contributed by atoms with E-state index in [-0.39, 0.29) is 36.8 Å². The summed E-state index contributed by atoms with van der Waals surface area (Å²) in [7, 11) is 4.46. The van der Waals surface area contributed by atoms with Crippen molar-refractivity contribution >= 4 is 34.6 Å². The molecule has 3 aromatic rings. The quantitative estimate of drug-likeness (QED) is 0.320. The molecule has 0 aliphatic rings. The number of halogens is 1. The van der Waals surface area contributed by atoms with E-state index in [9.17, 15) is 23.6 Å². The second-order valence-corrected chi connectivity index (χ2v) is 9.10. The van der Waals surface area contributed by atoms with E-state index >= 15 is 0 Å². The molecule has 0 saturated carbocycles. The van der Waals surface area contributed by atoms with Crippen LogP contribution in [-0.2, 0) is 27.3 Å². The number of aromatic nitrogens is 3. The maximum Gasteiger partial charge on any atom is 0.410 e. The minimum Gasteiger partial charge on any atom is -0.436 e. The number of hydrogen-bond donors (Lipinski definition) is 3. The topological polar surface area (TPSA) is 138 Å². The number of anilines is 1. The van der Waals surface area contributed by atoms with Crippen LogP contribution in [0.2, 0.25) is 0 Å². The van der Waals surface area contributed by atoms with Crippen LogP contribution in [0.25, 0.3) is 11.0 Å². The Labute approximate surface area is 225 Å². The van der Waals surface area contributed by atoms with E-state index in [1.165, 1.54) is 54.9 Å². The third-order valence-electron chi connectivity index (χ3n) is 5.81. The van der Waals surface area contributed by atoms with Gasteiger partial charge in [-0.1, -0.05) is 19.4 Å². The van der Waals surface area contributed by atoms with Crippen molar-refractivity contribution in [1.29, 1.82) is 0 Å². The number of carbonyl (C=O) groups is 3. The third-order valence-corrected chi connectivity index (χ3v) is 5.81. The molecule has 0 unspecified atom stereocenters. The molecule has 2 heterocycles. The minimum absolute atomic E-state index is 0.0110. The summed E-state index contributed by atoms with van der Waals surface area (Å²) in [5.41, 5.74) is 1.47. The number of ether oxygens (including phenoxy) is 1. The SMILES string of the molecule is CCCc1cc(F)cc2[nH]c(Cn3cccc(NC(=O)[C@H](CC/C=C/C(=O)NC)OC(=O)N(C)C)c3=O)nc12. The Bertz CT molecular complexity index is 1430. The Kier molecular flexibility index (Phi) is 9.96. The molecule has 0 aliphatic heterocycles. The molecular weight excluding hydrogens is 507 g/mol. The molecule has 12 heteroatoms. The summed E-state index contributed by atoms with van der Waals surface area (Å²) in [5, 5.41) is 5.00. The average molecular weight is 541 g/mol. The number of imidazole rings is 1. The zero-order chi connectivity index (χ0) is 28.5. The molecule has 1 atom stereocenters. The summed E-state index contributed by atoms with van der Waals surface area (Å²) in [6.45, 7) is 2.06. The van der Waals surface area contributed by atoms with Crippen molar-refractivity contribution in [2.45, 2.75) is 45.3 Å². The van der Waals surface area contributed by atoms with E-state index in [0.717, 1.165) is 12.0 Å². The fraction of sp³-hybridized carbons (Fsp3) is 0.370. The Hall–Kier alpha value is -4.48. The second kappa shape index (κ2) is 13.4. The van der Waals surface area contributed by atoms with E-state index in [1.807, 2.05) is 6.92 Å². The van der Waals surface area contributed by atoms with Gasteiger partial charge in [0.2, 0.25) is 5.91 Å². The third kappa shape index (κ3) is 7.76. The summed E-state index contributed by atoms with van der Waals surface area (Å²) in [6, 6.07) is 5.87. The molecule has 0 saturated heterocycles. The lowest BCUT2D eigenvalue weighted by molar-refractivity contribution is -0.125. The zero-order valence-corrected chi connectivity index (χ0v) is 22.4. The zero-order valence-electron chi connectivity index (χ0n) is 22.4. The first kappa shape index (κ1) is 29.1. The number of likely N-dealkylation sites (N-methyl/N-ethyl adjacent to an activating group) is 1. The molecule has 3 amide bonds. The molecule has 0 fully saturated rings. The standard InChI is InChI=1S/C27H33FN6O5/c1-5-9-17-14-18(28)15-20-24(17)32-22(30-20)16-34-13-8-10-19(26(34)37)31-25(36)21(39-27(38)33(3)4)11-6-7-12-23(35)29-2/h7-8,10,12-15,21H,5-6,9,11,16H2,1-4H3,(H,29,35)(H,30,32)(H,31,36)/b12-7+/t21-/m0/s1.